The monoisotopic (exact) mass is 501 g/mol. The number of pyridine rings is 1. The van der Waals surface area contributed by atoms with Crippen LogP contribution in [0.15, 0.2) is 89.4 Å². The number of hydrogen-bond acceptors (Lipinski definition) is 7. The molecule has 9 nitrogen and oxygen atoms in total. The van der Waals surface area contributed by atoms with Crippen LogP contribution in [0.3, 0.4) is 0 Å². The first-order chi connectivity index (χ1) is 18.1. The Balaban J connectivity index is 1.41. The third-order valence-electron chi connectivity index (χ3n) is 6.08. The Labute approximate surface area is 212 Å². The minimum absolute atomic E-state index is 0.197. The van der Waals surface area contributed by atoms with Gasteiger partial charge in [-0.3, -0.25) is 14.7 Å². The lowest BCUT2D eigenvalue weighted by atomic mass is 10.1. The number of nitrogens with zero attached hydrogens (tertiary/aromatic N) is 6. The van der Waals surface area contributed by atoms with Crippen LogP contribution < -0.4 is 14.7 Å². The highest BCUT2D eigenvalue weighted by Gasteiger charge is 2.20. The summed E-state index contributed by atoms with van der Waals surface area (Å²) in [6.45, 7) is 2.55. The Kier molecular flexibility index (Phi) is 7.27. The van der Waals surface area contributed by atoms with E-state index in [-0.39, 0.29) is 16.5 Å². The summed E-state index contributed by atoms with van der Waals surface area (Å²) in [5, 5.41) is 0.197. The molecule has 1 aromatic carbocycles. The molecule has 0 atom stereocenters. The zero-order chi connectivity index (χ0) is 25.6. The van der Waals surface area contributed by atoms with Gasteiger partial charge in [0.2, 0.25) is 6.20 Å². The van der Waals surface area contributed by atoms with Gasteiger partial charge in [0, 0.05) is 56.5 Å². The average molecular weight is 502 g/mol. The number of aromatic nitrogens is 5. The Bertz CT molecular complexity index is 1540. The molecule has 5 rings (SSSR count). The van der Waals surface area contributed by atoms with Crippen LogP contribution in [0.5, 0.6) is 5.88 Å². The van der Waals surface area contributed by atoms with E-state index in [9.17, 15) is 4.79 Å². The quantitative estimate of drug-likeness (QED) is 0.271. The maximum atomic E-state index is 15.1. The summed E-state index contributed by atoms with van der Waals surface area (Å²) < 4.78 is 29.6. The zero-order valence-corrected chi connectivity index (χ0v) is 20.3. The van der Waals surface area contributed by atoms with Crippen molar-refractivity contribution in [3.63, 3.8) is 0 Å². The van der Waals surface area contributed by atoms with Crippen LogP contribution in [0, 0.1) is 5.82 Å². The van der Waals surface area contributed by atoms with Gasteiger partial charge in [-0.15, -0.1) is 0 Å². The van der Waals surface area contributed by atoms with E-state index >= 15 is 4.39 Å². The Morgan fingerprint density at radius 2 is 2.00 bits per heavy atom. The van der Waals surface area contributed by atoms with E-state index in [2.05, 4.69) is 19.9 Å². The lowest BCUT2D eigenvalue weighted by Gasteiger charge is -2.22. The first kappa shape index (κ1) is 24.3. The number of methoxy groups -OCH3 is 1. The summed E-state index contributed by atoms with van der Waals surface area (Å²) in [5.41, 5.74) is 1.83. The van der Waals surface area contributed by atoms with Gasteiger partial charge in [0.15, 0.2) is 17.4 Å². The van der Waals surface area contributed by atoms with Gasteiger partial charge in [-0.05, 0) is 30.2 Å². The summed E-state index contributed by atoms with van der Waals surface area (Å²) in [7, 11) is 1.49. The fourth-order valence-electron chi connectivity index (χ4n) is 4.21. The topological polar surface area (TPSA) is 90.2 Å². The summed E-state index contributed by atoms with van der Waals surface area (Å²) in [6.07, 6.45) is 16.0. The first-order valence-electron chi connectivity index (χ1n) is 11.8. The van der Waals surface area contributed by atoms with Crippen molar-refractivity contribution in [3.05, 3.63) is 107 Å². The van der Waals surface area contributed by atoms with E-state index in [1.807, 2.05) is 22.9 Å². The van der Waals surface area contributed by atoms with Gasteiger partial charge in [0.1, 0.15) is 5.58 Å². The van der Waals surface area contributed by atoms with Gasteiger partial charge >= 0.3 is 0 Å². The fourth-order valence-corrected chi connectivity index (χ4v) is 4.21. The molecule has 4 aromatic heterocycles. The van der Waals surface area contributed by atoms with E-state index in [0.717, 1.165) is 25.1 Å². The molecule has 0 fully saturated rings. The standard InChI is InChI=1S/C27H26FN6O3/c1-36-26-17-34(12-8-31-26)24-14-25-22(13-23(24)28)27(35)21(18-37-25)16-33(15-20-3-5-29-6-4-20)10-2-9-32-11-7-30-19-32/h3-8,11-14,17-19H,2,9-10,15-16H2,1H3/q+1. The number of fused-ring (bicyclic) bond motifs is 1. The molecule has 0 aliphatic heterocycles. The van der Waals surface area contributed by atoms with Crippen molar-refractivity contribution in [1.29, 1.82) is 0 Å². The number of rotatable bonds is 10. The van der Waals surface area contributed by atoms with Crippen LogP contribution in [-0.4, -0.2) is 38.1 Å². The van der Waals surface area contributed by atoms with E-state index < -0.39 is 5.82 Å². The largest absolute Gasteiger partial charge is 0.477 e. The minimum atomic E-state index is -0.552. The molecule has 0 saturated heterocycles. The van der Waals surface area contributed by atoms with Crippen molar-refractivity contribution in [2.24, 2.45) is 0 Å². The van der Waals surface area contributed by atoms with E-state index in [0.29, 0.717) is 30.1 Å². The van der Waals surface area contributed by atoms with Crippen LogP contribution in [0.2, 0.25) is 0 Å². The number of aryl methyl sites for hydroxylation is 1. The van der Waals surface area contributed by atoms with Crippen molar-refractivity contribution in [2.75, 3.05) is 13.7 Å². The lowest BCUT2D eigenvalue weighted by molar-refractivity contribution is -0.598. The molecule has 0 unspecified atom stereocenters. The third kappa shape index (κ3) is 5.70. The van der Waals surface area contributed by atoms with Crippen LogP contribution in [0.25, 0.3) is 16.7 Å². The highest BCUT2D eigenvalue weighted by molar-refractivity contribution is 5.78. The van der Waals surface area contributed by atoms with Crippen LogP contribution in [0.1, 0.15) is 17.5 Å². The van der Waals surface area contributed by atoms with Gasteiger partial charge in [-0.25, -0.2) is 9.97 Å². The number of benzene rings is 1. The van der Waals surface area contributed by atoms with Gasteiger partial charge in [0.05, 0.1) is 37.3 Å². The molecular weight excluding hydrogens is 475 g/mol. The molecule has 0 aliphatic carbocycles. The van der Waals surface area contributed by atoms with Crippen molar-refractivity contribution in [1.82, 2.24) is 24.4 Å². The van der Waals surface area contributed by atoms with Gasteiger partial charge in [-0.2, -0.15) is 8.96 Å². The van der Waals surface area contributed by atoms with Crippen LogP contribution in [0.4, 0.5) is 4.39 Å². The molecule has 0 saturated carbocycles. The summed E-state index contributed by atoms with van der Waals surface area (Å²) in [6, 6.07) is 6.64. The van der Waals surface area contributed by atoms with E-state index in [4.69, 9.17) is 9.15 Å². The molecule has 0 aliphatic rings. The Hall–Kier alpha value is -4.44. The van der Waals surface area contributed by atoms with Crippen molar-refractivity contribution in [2.45, 2.75) is 26.1 Å². The SMILES string of the molecule is COc1c[n+](-c2cc3occ(CN(CCCn4ccnc4)Cc4ccncc4)c(=O)c3cc2F)ccn1. The molecule has 10 heteroatoms. The normalized spacial score (nSPS) is 11.3. The zero-order valence-electron chi connectivity index (χ0n) is 20.3. The predicted molar refractivity (Wildman–Crippen MR) is 134 cm³/mol. The highest BCUT2D eigenvalue weighted by Crippen LogP contribution is 2.19. The molecule has 37 heavy (non-hydrogen) atoms. The second-order valence-electron chi connectivity index (χ2n) is 8.62. The van der Waals surface area contributed by atoms with E-state index in [1.54, 1.807) is 37.3 Å². The Morgan fingerprint density at radius 1 is 1.14 bits per heavy atom. The summed E-state index contributed by atoms with van der Waals surface area (Å²) in [5.74, 6) is -0.217. The average Bonchev–Trinajstić information content (AvgIpc) is 3.44. The lowest BCUT2D eigenvalue weighted by Crippen LogP contribution is -2.31. The van der Waals surface area contributed by atoms with Gasteiger partial charge in [0.25, 0.3) is 11.6 Å². The van der Waals surface area contributed by atoms with Crippen LogP contribution in [-0.2, 0) is 19.6 Å². The van der Waals surface area contributed by atoms with Crippen molar-refractivity contribution < 1.29 is 18.1 Å². The predicted octanol–water partition coefficient (Wildman–Crippen LogP) is 3.30. The molecule has 4 heterocycles. The van der Waals surface area contributed by atoms with E-state index in [1.165, 1.54) is 36.3 Å². The molecule has 0 amide bonds. The number of halogens is 1. The molecule has 0 radical (unpaired) electrons. The highest BCUT2D eigenvalue weighted by atomic mass is 19.1. The first-order valence-corrected chi connectivity index (χ1v) is 11.8. The summed E-state index contributed by atoms with van der Waals surface area (Å²) >= 11 is 0. The fraction of sp³-hybridized carbons (Fsp3) is 0.222. The number of ether oxygens (including phenoxy) is 1. The van der Waals surface area contributed by atoms with Crippen molar-refractivity contribution >= 4 is 11.0 Å². The molecule has 0 N–H and O–H groups in total. The Morgan fingerprint density at radius 3 is 2.78 bits per heavy atom. The molecule has 0 spiro atoms. The number of imidazole rings is 1. The smallest absolute Gasteiger partial charge is 0.280 e. The molecule has 188 valence electrons. The van der Waals surface area contributed by atoms with Crippen molar-refractivity contribution in [3.8, 4) is 11.6 Å². The third-order valence-corrected chi connectivity index (χ3v) is 6.08. The molecular formula is C27H26FN6O3+. The van der Waals surface area contributed by atoms with Gasteiger partial charge in [-0.1, -0.05) is 0 Å². The minimum Gasteiger partial charge on any atom is -0.477 e. The van der Waals surface area contributed by atoms with Gasteiger partial charge < -0.3 is 13.7 Å². The second-order valence-corrected chi connectivity index (χ2v) is 8.62. The molecule has 5 aromatic rings. The van der Waals surface area contributed by atoms with Crippen LogP contribution >= 0.6 is 0 Å². The maximum absolute atomic E-state index is 15.1. The maximum Gasteiger partial charge on any atom is 0.280 e. The second kappa shape index (κ2) is 11.1. The number of hydrogen-bond donors (Lipinski definition) is 0. The molecule has 0 bridgehead atoms. The summed E-state index contributed by atoms with van der Waals surface area (Å²) in [4.78, 5) is 27.8.